The molecule has 106 valence electrons. The zero-order valence-corrected chi connectivity index (χ0v) is 11.9. The molecule has 6 heteroatoms. The highest BCUT2D eigenvalue weighted by atomic mass is 32.1. The van der Waals surface area contributed by atoms with Crippen molar-refractivity contribution in [3.05, 3.63) is 39.9 Å². The first-order valence-corrected chi connectivity index (χ1v) is 7.45. The van der Waals surface area contributed by atoms with Crippen molar-refractivity contribution in [2.24, 2.45) is 5.92 Å². The van der Waals surface area contributed by atoms with Crippen molar-refractivity contribution in [2.75, 3.05) is 6.54 Å². The molecule has 1 atom stereocenters. The number of rotatable bonds is 5. The summed E-state index contributed by atoms with van der Waals surface area (Å²) in [5, 5.41) is 19.2. The number of nitrogens with zero attached hydrogens (tertiary/aromatic N) is 1. The summed E-state index contributed by atoms with van der Waals surface area (Å²) in [6, 6.07) is 5.40. The molecule has 0 saturated heterocycles. The van der Waals surface area contributed by atoms with Gasteiger partial charge in [-0.1, -0.05) is 11.2 Å². The Kier molecular flexibility index (Phi) is 3.35. The van der Waals surface area contributed by atoms with E-state index in [-0.39, 0.29) is 24.1 Å². The highest BCUT2D eigenvalue weighted by molar-refractivity contribution is 7.10. The summed E-state index contributed by atoms with van der Waals surface area (Å²) in [6.07, 6.45) is 1.99. The second-order valence-electron chi connectivity index (χ2n) is 5.18. The molecule has 1 amide bonds. The van der Waals surface area contributed by atoms with Gasteiger partial charge in [0, 0.05) is 10.9 Å². The second-order valence-corrected chi connectivity index (χ2v) is 6.13. The van der Waals surface area contributed by atoms with Crippen LogP contribution in [0.3, 0.4) is 0 Å². The molecule has 1 aliphatic rings. The summed E-state index contributed by atoms with van der Waals surface area (Å²) in [4.78, 5) is 12.9. The summed E-state index contributed by atoms with van der Waals surface area (Å²) in [7, 11) is 0. The molecule has 2 N–H and O–H groups in total. The molecule has 20 heavy (non-hydrogen) atoms. The van der Waals surface area contributed by atoms with Crippen molar-refractivity contribution in [3.63, 3.8) is 0 Å². The maximum atomic E-state index is 12.0. The van der Waals surface area contributed by atoms with Crippen LogP contribution in [-0.2, 0) is 5.60 Å². The van der Waals surface area contributed by atoms with Gasteiger partial charge in [-0.3, -0.25) is 4.79 Å². The molecule has 0 aliphatic heterocycles. The van der Waals surface area contributed by atoms with Crippen LogP contribution in [-0.4, -0.2) is 22.7 Å². The Balaban J connectivity index is 1.70. The van der Waals surface area contributed by atoms with Crippen LogP contribution in [0.2, 0.25) is 0 Å². The number of amides is 1. The number of aryl methyl sites for hydroxylation is 1. The van der Waals surface area contributed by atoms with Gasteiger partial charge in [0.2, 0.25) is 0 Å². The van der Waals surface area contributed by atoms with Gasteiger partial charge in [-0.15, -0.1) is 11.3 Å². The minimum Gasteiger partial charge on any atom is -0.382 e. The molecular formula is C14H16N2O3S. The van der Waals surface area contributed by atoms with Crippen LogP contribution in [0.25, 0.3) is 0 Å². The average Bonchev–Trinajstić information content (AvgIpc) is 2.98. The number of hydrogen-bond acceptors (Lipinski definition) is 5. The van der Waals surface area contributed by atoms with E-state index in [9.17, 15) is 9.90 Å². The lowest BCUT2D eigenvalue weighted by Gasteiger charge is -2.27. The first-order chi connectivity index (χ1) is 9.59. The number of thiophene rings is 1. The molecule has 2 aromatic rings. The zero-order chi connectivity index (χ0) is 14.2. The maximum Gasteiger partial charge on any atom is 0.273 e. The van der Waals surface area contributed by atoms with Gasteiger partial charge in [0.1, 0.15) is 11.4 Å². The molecule has 2 heterocycles. The normalized spacial score (nSPS) is 17.7. The van der Waals surface area contributed by atoms with Crippen molar-refractivity contribution in [1.82, 2.24) is 10.5 Å². The predicted molar refractivity (Wildman–Crippen MR) is 74.5 cm³/mol. The van der Waals surface area contributed by atoms with Crippen LogP contribution >= 0.6 is 11.3 Å². The van der Waals surface area contributed by atoms with Crippen LogP contribution < -0.4 is 5.32 Å². The summed E-state index contributed by atoms with van der Waals surface area (Å²) in [5.74, 6) is 0.490. The van der Waals surface area contributed by atoms with Gasteiger partial charge in [-0.05, 0) is 37.1 Å². The van der Waals surface area contributed by atoms with E-state index < -0.39 is 5.60 Å². The van der Waals surface area contributed by atoms with E-state index in [4.69, 9.17) is 4.52 Å². The van der Waals surface area contributed by atoms with Gasteiger partial charge in [0.05, 0.1) is 6.54 Å². The largest absolute Gasteiger partial charge is 0.382 e. The maximum absolute atomic E-state index is 12.0. The van der Waals surface area contributed by atoms with Gasteiger partial charge in [-0.25, -0.2) is 0 Å². The van der Waals surface area contributed by atoms with Crippen LogP contribution in [0.1, 0.15) is 34.0 Å². The van der Waals surface area contributed by atoms with E-state index in [2.05, 4.69) is 10.5 Å². The quantitative estimate of drug-likeness (QED) is 0.884. The predicted octanol–water partition coefficient (Wildman–Crippen LogP) is 2.07. The summed E-state index contributed by atoms with van der Waals surface area (Å²) in [6.45, 7) is 1.93. The highest BCUT2D eigenvalue weighted by Gasteiger charge is 2.46. The van der Waals surface area contributed by atoms with Gasteiger partial charge >= 0.3 is 0 Å². The monoisotopic (exact) mass is 292 g/mol. The average molecular weight is 292 g/mol. The van der Waals surface area contributed by atoms with Crippen molar-refractivity contribution in [3.8, 4) is 0 Å². The van der Waals surface area contributed by atoms with E-state index in [1.54, 1.807) is 13.0 Å². The fourth-order valence-corrected chi connectivity index (χ4v) is 3.20. The lowest BCUT2D eigenvalue weighted by atomic mass is 9.95. The Labute approximate surface area is 120 Å². The molecule has 1 aliphatic carbocycles. The molecule has 0 aromatic carbocycles. The first-order valence-electron chi connectivity index (χ1n) is 6.57. The number of carbonyl (C=O) groups excluding carboxylic acids is 1. The van der Waals surface area contributed by atoms with Crippen LogP contribution in [0, 0.1) is 12.8 Å². The molecule has 1 fully saturated rings. The van der Waals surface area contributed by atoms with Gasteiger partial charge in [0.25, 0.3) is 5.91 Å². The molecule has 0 unspecified atom stereocenters. The lowest BCUT2D eigenvalue weighted by Crippen LogP contribution is -2.42. The summed E-state index contributed by atoms with van der Waals surface area (Å²) < 4.78 is 4.88. The van der Waals surface area contributed by atoms with E-state index in [0.717, 1.165) is 17.7 Å². The van der Waals surface area contributed by atoms with E-state index in [1.807, 2.05) is 17.5 Å². The second kappa shape index (κ2) is 5.03. The Bertz CT molecular complexity index is 604. The van der Waals surface area contributed by atoms with E-state index in [1.165, 1.54) is 11.3 Å². The van der Waals surface area contributed by atoms with Crippen molar-refractivity contribution < 1.29 is 14.4 Å². The van der Waals surface area contributed by atoms with Gasteiger partial charge in [-0.2, -0.15) is 0 Å². The molecule has 2 aromatic heterocycles. The van der Waals surface area contributed by atoms with Crippen molar-refractivity contribution >= 4 is 17.2 Å². The van der Waals surface area contributed by atoms with Gasteiger partial charge in [0.15, 0.2) is 5.69 Å². The Morgan fingerprint density at radius 3 is 3.00 bits per heavy atom. The number of hydrogen-bond donors (Lipinski definition) is 2. The van der Waals surface area contributed by atoms with E-state index >= 15 is 0 Å². The van der Waals surface area contributed by atoms with E-state index in [0.29, 0.717) is 5.76 Å². The summed E-state index contributed by atoms with van der Waals surface area (Å²) >= 11 is 1.51. The third-order valence-corrected chi connectivity index (χ3v) is 4.62. The molecule has 0 bridgehead atoms. The standard InChI is InChI=1S/C14H16N2O3S/c1-9-7-11(16-19-9)13(17)15-8-14(18,10-4-5-10)12-3-2-6-20-12/h2-3,6-7,10,18H,4-5,8H2,1H3,(H,15,17)/t14-/m1/s1. The third-order valence-electron chi connectivity index (χ3n) is 3.58. The minimum atomic E-state index is -0.970. The SMILES string of the molecule is Cc1cc(C(=O)NC[C@](O)(c2cccs2)C2CC2)no1. The molecule has 1 saturated carbocycles. The molecule has 3 rings (SSSR count). The van der Waals surface area contributed by atoms with Crippen LogP contribution in [0.5, 0.6) is 0 Å². The van der Waals surface area contributed by atoms with Gasteiger partial charge < -0.3 is 14.9 Å². The smallest absolute Gasteiger partial charge is 0.273 e. The number of aromatic nitrogens is 1. The molecule has 5 nitrogen and oxygen atoms in total. The Hall–Kier alpha value is -1.66. The first kappa shape index (κ1) is 13.3. The summed E-state index contributed by atoms with van der Waals surface area (Å²) in [5.41, 5.74) is -0.727. The lowest BCUT2D eigenvalue weighted by molar-refractivity contribution is 0.0168. The molecular weight excluding hydrogens is 276 g/mol. The fraction of sp³-hybridized carbons (Fsp3) is 0.429. The molecule has 0 spiro atoms. The number of aliphatic hydroxyl groups is 1. The zero-order valence-electron chi connectivity index (χ0n) is 11.1. The Morgan fingerprint density at radius 1 is 1.65 bits per heavy atom. The number of nitrogens with one attached hydrogen (secondary N) is 1. The molecule has 0 radical (unpaired) electrons. The van der Waals surface area contributed by atoms with Crippen LogP contribution in [0.15, 0.2) is 28.1 Å². The minimum absolute atomic E-state index is 0.197. The van der Waals surface area contributed by atoms with Crippen molar-refractivity contribution in [1.29, 1.82) is 0 Å². The third kappa shape index (κ3) is 2.48. The van der Waals surface area contributed by atoms with Crippen molar-refractivity contribution in [2.45, 2.75) is 25.4 Å². The highest BCUT2D eigenvalue weighted by Crippen LogP contribution is 2.46. The number of carbonyl (C=O) groups is 1. The Morgan fingerprint density at radius 2 is 2.45 bits per heavy atom. The fourth-order valence-electron chi connectivity index (χ4n) is 2.30. The topological polar surface area (TPSA) is 75.4 Å². The van der Waals surface area contributed by atoms with Crippen LogP contribution in [0.4, 0.5) is 0 Å².